The molecule has 0 saturated carbocycles. The fourth-order valence-electron chi connectivity index (χ4n) is 3.40. The van der Waals surface area contributed by atoms with Gasteiger partial charge in [-0.2, -0.15) is 0 Å². The normalized spacial score (nSPS) is 17.0. The van der Waals surface area contributed by atoms with Crippen LogP contribution in [0.15, 0.2) is 54.7 Å². The molecule has 0 spiro atoms. The van der Waals surface area contributed by atoms with Crippen molar-refractivity contribution in [2.45, 2.75) is 12.5 Å². The molecule has 4 N–H and O–H groups in total. The first-order valence-corrected chi connectivity index (χ1v) is 9.37. The number of likely N-dealkylation sites (N-methyl/N-ethyl adjacent to an activating group) is 1. The van der Waals surface area contributed by atoms with Crippen LogP contribution in [0.5, 0.6) is 0 Å². The summed E-state index contributed by atoms with van der Waals surface area (Å²) in [4.78, 5) is 17.1. The minimum absolute atomic E-state index is 0.165. The molecule has 2 aromatic carbocycles. The standard InChI is InChI=1S/C22H27N5O/c1-26(2)21-11-12-27(15-21)20-9-7-19(8-10-20)25-22(28)17-5-3-16(4-6-17)18(13-23)14-24/h3-10,13-14,21,23H,11-12,15,24H2,1-2H3,(H,25,28)/b18-14+,23-13?. The van der Waals surface area contributed by atoms with E-state index in [4.69, 9.17) is 11.1 Å². The van der Waals surface area contributed by atoms with Crippen LogP contribution in [0.1, 0.15) is 22.3 Å². The summed E-state index contributed by atoms with van der Waals surface area (Å²) in [6.07, 6.45) is 3.74. The van der Waals surface area contributed by atoms with Crippen LogP contribution >= 0.6 is 0 Å². The van der Waals surface area contributed by atoms with Gasteiger partial charge in [-0.05, 0) is 62.5 Å². The highest BCUT2D eigenvalue weighted by Crippen LogP contribution is 2.24. The summed E-state index contributed by atoms with van der Waals surface area (Å²) >= 11 is 0. The largest absolute Gasteiger partial charge is 0.404 e. The summed E-state index contributed by atoms with van der Waals surface area (Å²) in [5.41, 5.74) is 9.42. The van der Waals surface area contributed by atoms with Gasteiger partial charge < -0.3 is 26.3 Å². The second-order valence-corrected chi connectivity index (χ2v) is 7.20. The van der Waals surface area contributed by atoms with Crippen molar-refractivity contribution >= 4 is 29.1 Å². The van der Waals surface area contributed by atoms with Gasteiger partial charge in [0.05, 0.1) is 0 Å². The molecule has 1 amide bonds. The van der Waals surface area contributed by atoms with Crippen molar-refractivity contribution in [1.29, 1.82) is 5.41 Å². The number of nitrogens with one attached hydrogen (secondary N) is 2. The topological polar surface area (TPSA) is 85.5 Å². The molecule has 1 atom stereocenters. The summed E-state index contributed by atoms with van der Waals surface area (Å²) in [5.74, 6) is -0.165. The maximum absolute atomic E-state index is 12.5. The number of allylic oxidation sites excluding steroid dienone is 1. The Morgan fingerprint density at radius 1 is 1.14 bits per heavy atom. The SMILES string of the molecule is CN(C)C1CCN(c2ccc(NC(=O)c3ccc(/C(C=N)=C/N)cc3)cc2)C1. The lowest BCUT2D eigenvalue weighted by Gasteiger charge is -2.22. The third-order valence-corrected chi connectivity index (χ3v) is 5.20. The summed E-state index contributed by atoms with van der Waals surface area (Å²) in [7, 11) is 4.25. The van der Waals surface area contributed by atoms with Crippen molar-refractivity contribution in [3.05, 3.63) is 65.9 Å². The van der Waals surface area contributed by atoms with E-state index in [1.807, 2.05) is 12.1 Å². The van der Waals surface area contributed by atoms with E-state index in [0.717, 1.165) is 24.3 Å². The highest BCUT2D eigenvalue weighted by molar-refractivity contribution is 6.09. The van der Waals surface area contributed by atoms with E-state index in [2.05, 4.69) is 41.3 Å². The number of rotatable bonds is 6. The fourth-order valence-corrected chi connectivity index (χ4v) is 3.40. The van der Waals surface area contributed by atoms with Crippen LogP contribution < -0.4 is 16.0 Å². The Hall–Kier alpha value is -3.12. The Bertz CT molecular complexity index is 856. The Morgan fingerprint density at radius 3 is 2.32 bits per heavy atom. The van der Waals surface area contributed by atoms with Gasteiger partial charge in [0.25, 0.3) is 5.91 Å². The first kappa shape index (κ1) is 19.6. The minimum Gasteiger partial charge on any atom is -0.404 e. The molecule has 1 saturated heterocycles. The Balaban J connectivity index is 1.62. The van der Waals surface area contributed by atoms with Crippen molar-refractivity contribution in [3.8, 4) is 0 Å². The molecule has 6 heteroatoms. The van der Waals surface area contributed by atoms with Gasteiger partial charge in [0.2, 0.25) is 0 Å². The maximum atomic E-state index is 12.5. The van der Waals surface area contributed by atoms with E-state index in [1.165, 1.54) is 24.5 Å². The number of carbonyl (C=O) groups excluding carboxylic acids is 1. The predicted octanol–water partition coefficient (Wildman–Crippen LogP) is 3.03. The number of carbonyl (C=O) groups is 1. The van der Waals surface area contributed by atoms with E-state index in [-0.39, 0.29) is 5.91 Å². The maximum Gasteiger partial charge on any atom is 0.255 e. The molecule has 1 fully saturated rings. The average Bonchev–Trinajstić information content (AvgIpc) is 3.20. The van der Waals surface area contributed by atoms with E-state index < -0.39 is 0 Å². The van der Waals surface area contributed by atoms with Gasteiger partial charge >= 0.3 is 0 Å². The molecule has 6 nitrogen and oxygen atoms in total. The van der Waals surface area contributed by atoms with E-state index in [9.17, 15) is 4.79 Å². The number of nitrogens with two attached hydrogens (primary N) is 1. The smallest absolute Gasteiger partial charge is 0.255 e. The molecule has 0 bridgehead atoms. The first-order chi connectivity index (χ1) is 13.5. The number of benzene rings is 2. The second kappa shape index (κ2) is 8.71. The molecule has 1 aliphatic rings. The quantitative estimate of drug-likeness (QED) is 0.676. The van der Waals surface area contributed by atoms with Crippen molar-refractivity contribution < 1.29 is 4.79 Å². The molecule has 1 unspecified atom stereocenters. The molecule has 0 aromatic heterocycles. The van der Waals surface area contributed by atoms with Gasteiger partial charge in [0.15, 0.2) is 0 Å². The number of amides is 1. The van der Waals surface area contributed by atoms with E-state index >= 15 is 0 Å². The lowest BCUT2D eigenvalue weighted by Crippen LogP contribution is -2.31. The predicted molar refractivity (Wildman–Crippen MR) is 116 cm³/mol. The summed E-state index contributed by atoms with van der Waals surface area (Å²) < 4.78 is 0. The minimum atomic E-state index is -0.165. The molecule has 146 valence electrons. The number of nitrogens with zero attached hydrogens (tertiary/aromatic N) is 2. The van der Waals surface area contributed by atoms with Crippen molar-refractivity contribution in [2.24, 2.45) is 5.73 Å². The van der Waals surface area contributed by atoms with Gasteiger partial charge in [-0.25, -0.2) is 0 Å². The molecule has 2 aromatic rings. The van der Waals surface area contributed by atoms with Crippen LogP contribution in [0.25, 0.3) is 5.57 Å². The zero-order valence-corrected chi connectivity index (χ0v) is 16.4. The summed E-state index contributed by atoms with van der Waals surface area (Å²) in [6, 6.07) is 15.6. The van der Waals surface area contributed by atoms with Crippen molar-refractivity contribution in [2.75, 3.05) is 37.4 Å². The Labute approximate surface area is 166 Å². The van der Waals surface area contributed by atoms with Gasteiger partial charge in [0.1, 0.15) is 0 Å². The highest BCUT2D eigenvalue weighted by Gasteiger charge is 2.23. The zero-order valence-electron chi connectivity index (χ0n) is 16.4. The summed E-state index contributed by atoms with van der Waals surface area (Å²) in [5, 5.41) is 10.3. The van der Waals surface area contributed by atoms with Crippen LogP contribution in [0, 0.1) is 5.41 Å². The third-order valence-electron chi connectivity index (χ3n) is 5.20. The Morgan fingerprint density at radius 2 is 1.79 bits per heavy atom. The van der Waals surface area contributed by atoms with Gasteiger partial charge in [-0.1, -0.05) is 12.1 Å². The molecule has 0 aliphatic carbocycles. The van der Waals surface area contributed by atoms with Crippen LogP contribution in [0.3, 0.4) is 0 Å². The van der Waals surface area contributed by atoms with Gasteiger partial charge in [-0.3, -0.25) is 4.79 Å². The monoisotopic (exact) mass is 377 g/mol. The van der Waals surface area contributed by atoms with E-state index in [0.29, 0.717) is 17.2 Å². The molecule has 1 aliphatic heterocycles. The number of hydrogen-bond donors (Lipinski definition) is 3. The van der Waals surface area contributed by atoms with Gasteiger partial charge in [0, 0.05) is 54.1 Å². The molecular weight excluding hydrogens is 350 g/mol. The Kier molecular flexibility index (Phi) is 6.11. The zero-order chi connectivity index (χ0) is 20.1. The average molecular weight is 377 g/mol. The van der Waals surface area contributed by atoms with Crippen LogP contribution in [0.2, 0.25) is 0 Å². The van der Waals surface area contributed by atoms with Crippen LogP contribution in [-0.4, -0.2) is 50.2 Å². The van der Waals surface area contributed by atoms with Crippen molar-refractivity contribution in [1.82, 2.24) is 4.90 Å². The number of anilines is 2. The molecule has 3 rings (SSSR count). The third kappa shape index (κ3) is 4.40. The number of hydrogen-bond acceptors (Lipinski definition) is 5. The first-order valence-electron chi connectivity index (χ1n) is 9.37. The lowest BCUT2D eigenvalue weighted by atomic mass is 10.1. The highest BCUT2D eigenvalue weighted by atomic mass is 16.1. The molecule has 1 heterocycles. The fraction of sp³-hybridized carbons (Fsp3) is 0.273. The lowest BCUT2D eigenvalue weighted by molar-refractivity contribution is 0.102. The van der Waals surface area contributed by atoms with Crippen LogP contribution in [-0.2, 0) is 0 Å². The molecular formula is C22H27N5O. The van der Waals surface area contributed by atoms with Crippen LogP contribution in [0.4, 0.5) is 11.4 Å². The van der Waals surface area contributed by atoms with Gasteiger partial charge in [-0.15, -0.1) is 0 Å². The second-order valence-electron chi connectivity index (χ2n) is 7.20. The molecule has 28 heavy (non-hydrogen) atoms. The molecule has 0 radical (unpaired) electrons. The van der Waals surface area contributed by atoms with E-state index in [1.54, 1.807) is 24.3 Å². The van der Waals surface area contributed by atoms with Crippen molar-refractivity contribution in [3.63, 3.8) is 0 Å². The summed E-state index contributed by atoms with van der Waals surface area (Å²) in [6.45, 7) is 2.08.